The van der Waals surface area contributed by atoms with Crippen LogP contribution in [0.25, 0.3) is 0 Å². The lowest BCUT2D eigenvalue weighted by molar-refractivity contribution is -0.298. The van der Waals surface area contributed by atoms with Gasteiger partial charge in [-0.3, -0.25) is 4.79 Å². The number of allylic oxidation sites excluding steroid dienone is 2. The Kier molecular flexibility index (Phi) is 1.49. The number of rotatable bonds is 0. The van der Waals surface area contributed by atoms with Crippen LogP contribution in [0.2, 0.25) is 0 Å². The first-order valence-electron chi connectivity index (χ1n) is 2.95. The molecule has 1 rings (SSSR count). The molecule has 54 valence electrons. The van der Waals surface area contributed by atoms with E-state index in [2.05, 4.69) is 0 Å². The molecular weight excluding hydrogens is 132 g/mol. The number of aliphatic hydroxyl groups excluding tert-OH is 1. The second-order valence-corrected chi connectivity index (χ2v) is 2.27. The maximum atomic E-state index is 10.6. The molecular formula is C7H7O3-. The van der Waals surface area contributed by atoms with E-state index < -0.39 is 17.3 Å². The summed E-state index contributed by atoms with van der Waals surface area (Å²) < 4.78 is 0. The average Bonchev–Trinajstić information content (AvgIpc) is 1.82. The van der Waals surface area contributed by atoms with Crippen LogP contribution >= 0.6 is 0 Å². The minimum atomic E-state index is -0.807. The third-order valence-electron chi connectivity index (χ3n) is 1.29. The van der Waals surface area contributed by atoms with Gasteiger partial charge in [-0.25, -0.2) is 0 Å². The quantitative estimate of drug-likeness (QED) is 0.509. The molecule has 1 atom stereocenters. The highest BCUT2D eigenvalue weighted by Gasteiger charge is 2.12. The Balaban J connectivity index is 2.94. The van der Waals surface area contributed by atoms with Gasteiger partial charge in [0, 0.05) is 0 Å². The van der Waals surface area contributed by atoms with Crippen molar-refractivity contribution in [3.05, 3.63) is 23.7 Å². The maximum Gasteiger partial charge on any atom is 0.211 e. The predicted octanol–water partition coefficient (Wildman–Crippen LogP) is -0.109. The van der Waals surface area contributed by atoms with Gasteiger partial charge in [0.2, 0.25) is 5.78 Å². The van der Waals surface area contributed by atoms with Gasteiger partial charge in [-0.1, -0.05) is 18.8 Å². The average molecular weight is 139 g/mol. The fraction of sp³-hybridized carbons (Fsp3) is 0.286. The summed E-state index contributed by atoms with van der Waals surface area (Å²) >= 11 is 0. The molecule has 0 aromatic heterocycles. The van der Waals surface area contributed by atoms with Crippen molar-refractivity contribution in [3.8, 4) is 0 Å². The van der Waals surface area contributed by atoms with Crippen LogP contribution in [0.15, 0.2) is 23.7 Å². The van der Waals surface area contributed by atoms with E-state index in [1.807, 2.05) is 0 Å². The lowest BCUT2D eigenvalue weighted by atomic mass is 10.0. The fourth-order valence-electron chi connectivity index (χ4n) is 0.813. The van der Waals surface area contributed by atoms with Gasteiger partial charge in [0.1, 0.15) is 0 Å². The predicted molar refractivity (Wildman–Crippen MR) is 33.0 cm³/mol. The minimum absolute atomic E-state index is 0.134. The summed E-state index contributed by atoms with van der Waals surface area (Å²) in [4.78, 5) is 10.6. The number of carbonyl (C=O) groups is 1. The zero-order valence-electron chi connectivity index (χ0n) is 5.50. The van der Waals surface area contributed by atoms with Gasteiger partial charge in [0.05, 0.1) is 0 Å². The van der Waals surface area contributed by atoms with Crippen LogP contribution in [-0.4, -0.2) is 10.9 Å². The van der Waals surface area contributed by atoms with Crippen molar-refractivity contribution < 1.29 is 15.0 Å². The Bertz CT molecular complexity index is 203. The van der Waals surface area contributed by atoms with E-state index in [4.69, 9.17) is 5.11 Å². The summed E-state index contributed by atoms with van der Waals surface area (Å²) in [7, 11) is 0. The van der Waals surface area contributed by atoms with E-state index >= 15 is 0 Å². The van der Waals surface area contributed by atoms with E-state index in [9.17, 15) is 9.90 Å². The molecule has 0 saturated carbocycles. The van der Waals surface area contributed by atoms with Crippen LogP contribution in [0, 0.1) is 5.92 Å². The third kappa shape index (κ3) is 1.03. The summed E-state index contributed by atoms with van der Waals surface area (Å²) in [5.74, 6) is -1.99. The molecule has 0 saturated heterocycles. The number of aliphatic hydroxyl groups is 1. The van der Waals surface area contributed by atoms with Crippen LogP contribution in [-0.2, 0) is 4.79 Å². The summed E-state index contributed by atoms with van der Waals surface area (Å²) in [6, 6.07) is 0. The maximum absolute atomic E-state index is 10.6. The van der Waals surface area contributed by atoms with E-state index in [1.165, 1.54) is 12.2 Å². The highest BCUT2D eigenvalue weighted by Crippen LogP contribution is 2.13. The molecule has 0 radical (unpaired) electrons. The minimum Gasteiger partial charge on any atom is -0.870 e. The summed E-state index contributed by atoms with van der Waals surface area (Å²) in [6.07, 6.45) is 2.63. The Morgan fingerprint density at radius 2 is 2.20 bits per heavy atom. The second kappa shape index (κ2) is 2.17. The van der Waals surface area contributed by atoms with Crippen molar-refractivity contribution in [2.45, 2.75) is 6.92 Å². The summed E-state index contributed by atoms with van der Waals surface area (Å²) in [5, 5.41) is 19.4. The molecule has 0 aromatic rings. The standard InChI is InChI=1S/C7H8O3/c1-4-2-5(8)7(10)6(9)3-4/h2-4,8-9H,1H3/p-1. The Morgan fingerprint density at radius 1 is 1.60 bits per heavy atom. The van der Waals surface area contributed by atoms with Gasteiger partial charge < -0.3 is 10.2 Å². The molecule has 1 N–H and O–H groups in total. The SMILES string of the molecule is CC1C=C([O-])C(=O)C(O)=C1. The number of hydrogen-bond donors (Lipinski definition) is 1. The van der Waals surface area contributed by atoms with Gasteiger partial charge in [0.25, 0.3) is 0 Å². The van der Waals surface area contributed by atoms with E-state index in [0.717, 1.165) is 0 Å². The lowest BCUT2D eigenvalue weighted by Gasteiger charge is -2.16. The van der Waals surface area contributed by atoms with Crippen molar-refractivity contribution in [2.24, 2.45) is 5.92 Å². The molecule has 0 bridgehead atoms. The lowest BCUT2D eigenvalue weighted by Crippen LogP contribution is -2.21. The van der Waals surface area contributed by atoms with Gasteiger partial charge in [0.15, 0.2) is 5.76 Å². The summed E-state index contributed by atoms with van der Waals surface area (Å²) in [6.45, 7) is 1.72. The Morgan fingerprint density at radius 3 is 2.70 bits per heavy atom. The van der Waals surface area contributed by atoms with Crippen molar-refractivity contribution >= 4 is 5.78 Å². The summed E-state index contributed by atoms with van der Waals surface area (Å²) in [5.41, 5.74) is 0. The van der Waals surface area contributed by atoms with Crippen LogP contribution in [0.1, 0.15) is 6.92 Å². The van der Waals surface area contributed by atoms with Gasteiger partial charge >= 0.3 is 0 Å². The molecule has 0 amide bonds. The van der Waals surface area contributed by atoms with Gasteiger partial charge in [-0.15, -0.1) is 0 Å². The largest absolute Gasteiger partial charge is 0.870 e. The normalized spacial score (nSPS) is 25.7. The highest BCUT2D eigenvalue weighted by atomic mass is 16.3. The molecule has 0 aliphatic heterocycles. The molecule has 0 heterocycles. The smallest absolute Gasteiger partial charge is 0.211 e. The monoisotopic (exact) mass is 139 g/mol. The Hall–Kier alpha value is -1.25. The number of carbonyl (C=O) groups excluding carboxylic acids is 1. The van der Waals surface area contributed by atoms with Gasteiger partial charge in [-0.2, -0.15) is 0 Å². The van der Waals surface area contributed by atoms with Crippen LogP contribution in [0.4, 0.5) is 0 Å². The third-order valence-corrected chi connectivity index (χ3v) is 1.29. The molecule has 1 aliphatic carbocycles. The van der Waals surface area contributed by atoms with E-state index in [-0.39, 0.29) is 5.92 Å². The van der Waals surface area contributed by atoms with Gasteiger partial charge in [-0.05, 0) is 12.0 Å². The first-order chi connectivity index (χ1) is 4.61. The zero-order valence-corrected chi connectivity index (χ0v) is 5.50. The highest BCUT2D eigenvalue weighted by molar-refractivity contribution is 6.05. The number of Topliss-reactive ketones (excluding diaryl/α,β-unsaturated/α-hetero) is 1. The van der Waals surface area contributed by atoms with Crippen molar-refractivity contribution in [1.29, 1.82) is 0 Å². The molecule has 3 nitrogen and oxygen atoms in total. The number of hydrogen-bond acceptors (Lipinski definition) is 3. The van der Waals surface area contributed by atoms with Crippen molar-refractivity contribution in [1.82, 2.24) is 0 Å². The first kappa shape index (κ1) is 6.86. The van der Waals surface area contributed by atoms with Crippen molar-refractivity contribution in [2.75, 3.05) is 0 Å². The van der Waals surface area contributed by atoms with E-state index in [0.29, 0.717) is 0 Å². The van der Waals surface area contributed by atoms with Crippen LogP contribution in [0.3, 0.4) is 0 Å². The fourth-order valence-corrected chi connectivity index (χ4v) is 0.813. The Labute approximate surface area is 58.3 Å². The van der Waals surface area contributed by atoms with Crippen LogP contribution in [0.5, 0.6) is 0 Å². The zero-order chi connectivity index (χ0) is 7.72. The van der Waals surface area contributed by atoms with Crippen LogP contribution < -0.4 is 5.11 Å². The molecule has 1 unspecified atom stereocenters. The van der Waals surface area contributed by atoms with E-state index in [1.54, 1.807) is 6.92 Å². The topological polar surface area (TPSA) is 60.4 Å². The first-order valence-corrected chi connectivity index (χ1v) is 2.95. The second-order valence-electron chi connectivity index (χ2n) is 2.27. The number of ketones is 1. The molecule has 0 aromatic carbocycles. The van der Waals surface area contributed by atoms with Crippen molar-refractivity contribution in [3.63, 3.8) is 0 Å². The molecule has 1 aliphatic rings. The molecule has 10 heavy (non-hydrogen) atoms. The molecule has 0 fully saturated rings. The molecule has 3 heteroatoms. The molecule has 0 spiro atoms.